The first kappa shape index (κ1) is 19.0. The van der Waals surface area contributed by atoms with Gasteiger partial charge in [0.25, 0.3) is 5.91 Å². The Bertz CT molecular complexity index is 963. The van der Waals surface area contributed by atoms with Gasteiger partial charge in [0.05, 0.1) is 11.6 Å². The molecule has 3 aromatic rings. The Kier molecular flexibility index (Phi) is 6.27. The highest BCUT2D eigenvalue weighted by Crippen LogP contribution is 2.18. The van der Waals surface area contributed by atoms with E-state index in [1.165, 1.54) is 0 Å². The fraction of sp³-hybridized carbons (Fsp3) is 0.130. The lowest BCUT2D eigenvalue weighted by molar-refractivity contribution is -0.122. The van der Waals surface area contributed by atoms with Crippen LogP contribution in [0, 0.1) is 11.3 Å². The molecule has 0 aliphatic heterocycles. The Hall–Kier alpha value is -3.78. The molecule has 140 valence electrons. The van der Waals surface area contributed by atoms with E-state index in [1.807, 2.05) is 36.4 Å². The van der Waals surface area contributed by atoms with Gasteiger partial charge in [0, 0.05) is 5.69 Å². The molecule has 0 radical (unpaired) electrons. The molecule has 0 unspecified atom stereocenters. The number of anilines is 1. The third kappa shape index (κ3) is 5.36. The van der Waals surface area contributed by atoms with Crippen molar-refractivity contribution in [3.05, 3.63) is 90.0 Å². The Labute approximate surface area is 164 Å². The zero-order valence-electron chi connectivity index (χ0n) is 15.5. The van der Waals surface area contributed by atoms with Crippen LogP contribution in [-0.4, -0.2) is 12.0 Å². The maximum absolute atomic E-state index is 12.3. The van der Waals surface area contributed by atoms with Crippen molar-refractivity contribution in [1.29, 1.82) is 5.26 Å². The van der Waals surface area contributed by atoms with E-state index in [-0.39, 0.29) is 5.91 Å². The first-order chi connectivity index (χ1) is 13.6. The SMILES string of the molecule is C[C@H](Oc1cccc(C#N)c1)C(=O)Nc1ccc(OCc2ccccc2)cc1. The second-order valence-corrected chi connectivity index (χ2v) is 6.19. The van der Waals surface area contributed by atoms with Gasteiger partial charge in [-0.3, -0.25) is 4.79 Å². The van der Waals surface area contributed by atoms with Crippen LogP contribution in [0.5, 0.6) is 11.5 Å². The summed E-state index contributed by atoms with van der Waals surface area (Å²) < 4.78 is 11.4. The number of hydrogen-bond acceptors (Lipinski definition) is 4. The topological polar surface area (TPSA) is 71.3 Å². The summed E-state index contributed by atoms with van der Waals surface area (Å²) >= 11 is 0. The number of carbonyl (C=O) groups is 1. The van der Waals surface area contributed by atoms with E-state index in [2.05, 4.69) is 5.32 Å². The van der Waals surface area contributed by atoms with Gasteiger partial charge in [0.1, 0.15) is 18.1 Å². The summed E-state index contributed by atoms with van der Waals surface area (Å²) in [6.07, 6.45) is -0.706. The zero-order chi connectivity index (χ0) is 19.8. The van der Waals surface area contributed by atoms with Crippen molar-refractivity contribution in [3.63, 3.8) is 0 Å². The number of carbonyl (C=O) groups excluding carboxylic acids is 1. The van der Waals surface area contributed by atoms with E-state index < -0.39 is 6.10 Å². The fourth-order valence-electron chi connectivity index (χ4n) is 2.52. The van der Waals surface area contributed by atoms with Crippen molar-refractivity contribution in [2.75, 3.05) is 5.32 Å². The molecule has 0 aliphatic carbocycles. The number of amides is 1. The molecule has 0 aliphatic rings. The molecule has 1 N–H and O–H groups in total. The Morgan fingerprint density at radius 2 is 1.75 bits per heavy atom. The van der Waals surface area contributed by atoms with Crippen LogP contribution in [0.15, 0.2) is 78.9 Å². The predicted molar refractivity (Wildman–Crippen MR) is 107 cm³/mol. The summed E-state index contributed by atoms with van der Waals surface area (Å²) in [6, 6.07) is 25.8. The van der Waals surface area contributed by atoms with Crippen LogP contribution < -0.4 is 14.8 Å². The first-order valence-corrected chi connectivity index (χ1v) is 8.88. The summed E-state index contributed by atoms with van der Waals surface area (Å²) in [4.78, 5) is 12.3. The predicted octanol–water partition coefficient (Wildman–Crippen LogP) is 4.54. The molecule has 1 amide bonds. The molecule has 0 bridgehead atoms. The number of nitrogens with one attached hydrogen (secondary N) is 1. The second-order valence-electron chi connectivity index (χ2n) is 6.19. The minimum atomic E-state index is -0.706. The molecule has 5 heteroatoms. The summed E-state index contributed by atoms with van der Waals surface area (Å²) in [5.41, 5.74) is 2.22. The van der Waals surface area contributed by atoms with E-state index in [9.17, 15) is 4.79 Å². The maximum Gasteiger partial charge on any atom is 0.265 e. The van der Waals surface area contributed by atoms with Crippen LogP contribution in [0.1, 0.15) is 18.1 Å². The van der Waals surface area contributed by atoms with Crippen LogP contribution in [0.4, 0.5) is 5.69 Å². The van der Waals surface area contributed by atoms with Crippen molar-refractivity contribution in [3.8, 4) is 17.6 Å². The molecule has 0 saturated carbocycles. The van der Waals surface area contributed by atoms with E-state index in [0.717, 1.165) is 11.3 Å². The van der Waals surface area contributed by atoms with Crippen molar-refractivity contribution >= 4 is 11.6 Å². The summed E-state index contributed by atoms with van der Waals surface area (Å²) in [7, 11) is 0. The molecule has 5 nitrogen and oxygen atoms in total. The van der Waals surface area contributed by atoms with Crippen LogP contribution in [0.3, 0.4) is 0 Å². The number of nitriles is 1. The van der Waals surface area contributed by atoms with Crippen LogP contribution in [0.25, 0.3) is 0 Å². The molecule has 3 rings (SSSR count). The van der Waals surface area contributed by atoms with Gasteiger partial charge >= 0.3 is 0 Å². The molecule has 1 atom stereocenters. The number of ether oxygens (including phenoxy) is 2. The molecule has 3 aromatic carbocycles. The van der Waals surface area contributed by atoms with Crippen LogP contribution in [0.2, 0.25) is 0 Å². The summed E-state index contributed by atoms with van der Waals surface area (Å²) in [6.45, 7) is 2.14. The van der Waals surface area contributed by atoms with Crippen molar-refractivity contribution in [2.24, 2.45) is 0 Å². The minimum Gasteiger partial charge on any atom is -0.489 e. The standard InChI is InChI=1S/C23H20N2O3/c1-17(28-22-9-5-8-19(14-22)15-24)23(26)25-20-10-12-21(13-11-20)27-16-18-6-3-2-4-7-18/h2-14,17H,16H2,1H3,(H,25,26)/t17-/m0/s1. The Morgan fingerprint density at radius 3 is 2.46 bits per heavy atom. The lowest BCUT2D eigenvalue weighted by Crippen LogP contribution is -2.30. The largest absolute Gasteiger partial charge is 0.489 e. The molecule has 0 spiro atoms. The maximum atomic E-state index is 12.3. The molecular weight excluding hydrogens is 352 g/mol. The molecule has 0 heterocycles. The van der Waals surface area contributed by atoms with Crippen molar-refractivity contribution in [1.82, 2.24) is 0 Å². The van der Waals surface area contributed by atoms with Gasteiger partial charge in [-0.05, 0) is 55.0 Å². The van der Waals surface area contributed by atoms with Crippen molar-refractivity contribution in [2.45, 2.75) is 19.6 Å². The van der Waals surface area contributed by atoms with Crippen LogP contribution in [-0.2, 0) is 11.4 Å². The average Bonchev–Trinajstić information content (AvgIpc) is 2.74. The minimum absolute atomic E-state index is 0.277. The Morgan fingerprint density at radius 1 is 1.00 bits per heavy atom. The first-order valence-electron chi connectivity index (χ1n) is 8.88. The van der Waals surface area contributed by atoms with E-state index in [1.54, 1.807) is 55.5 Å². The van der Waals surface area contributed by atoms with Gasteiger partial charge in [0.2, 0.25) is 0 Å². The monoisotopic (exact) mass is 372 g/mol. The molecular formula is C23H20N2O3. The highest BCUT2D eigenvalue weighted by atomic mass is 16.5. The van der Waals surface area contributed by atoms with E-state index >= 15 is 0 Å². The fourth-order valence-corrected chi connectivity index (χ4v) is 2.52. The number of nitrogens with zero attached hydrogens (tertiary/aromatic N) is 1. The third-order valence-corrected chi connectivity index (χ3v) is 4.02. The second kappa shape index (κ2) is 9.24. The Balaban J connectivity index is 1.52. The number of rotatable bonds is 7. The van der Waals surface area contributed by atoms with Gasteiger partial charge in [-0.1, -0.05) is 36.4 Å². The van der Waals surface area contributed by atoms with Gasteiger partial charge in [-0.15, -0.1) is 0 Å². The lowest BCUT2D eigenvalue weighted by atomic mass is 10.2. The number of hydrogen-bond donors (Lipinski definition) is 1. The quantitative estimate of drug-likeness (QED) is 0.661. The van der Waals surface area contributed by atoms with E-state index in [4.69, 9.17) is 14.7 Å². The van der Waals surface area contributed by atoms with Gasteiger partial charge in [-0.2, -0.15) is 5.26 Å². The molecule has 0 aromatic heterocycles. The van der Waals surface area contributed by atoms with Gasteiger partial charge in [-0.25, -0.2) is 0 Å². The molecule has 0 saturated heterocycles. The normalized spacial score (nSPS) is 11.1. The molecule has 28 heavy (non-hydrogen) atoms. The average molecular weight is 372 g/mol. The third-order valence-electron chi connectivity index (χ3n) is 4.02. The summed E-state index contributed by atoms with van der Waals surface area (Å²) in [5.74, 6) is 0.922. The van der Waals surface area contributed by atoms with Crippen molar-refractivity contribution < 1.29 is 14.3 Å². The molecule has 0 fully saturated rings. The summed E-state index contributed by atoms with van der Waals surface area (Å²) in [5, 5.41) is 11.7. The lowest BCUT2D eigenvalue weighted by Gasteiger charge is -2.15. The van der Waals surface area contributed by atoms with Gasteiger partial charge in [0.15, 0.2) is 6.10 Å². The highest BCUT2D eigenvalue weighted by Gasteiger charge is 2.15. The highest BCUT2D eigenvalue weighted by molar-refractivity contribution is 5.94. The zero-order valence-corrected chi connectivity index (χ0v) is 15.5. The van der Waals surface area contributed by atoms with Crippen LogP contribution >= 0.6 is 0 Å². The number of benzene rings is 3. The van der Waals surface area contributed by atoms with E-state index in [0.29, 0.717) is 23.6 Å². The van der Waals surface area contributed by atoms with Gasteiger partial charge < -0.3 is 14.8 Å². The smallest absolute Gasteiger partial charge is 0.265 e.